The highest BCUT2D eigenvalue weighted by molar-refractivity contribution is 5.90. The van der Waals surface area contributed by atoms with Crippen LogP contribution < -0.4 is 9.47 Å². The third-order valence-corrected chi connectivity index (χ3v) is 8.65. The van der Waals surface area contributed by atoms with Gasteiger partial charge < -0.3 is 33.9 Å². The van der Waals surface area contributed by atoms with E-state index < -0.39 is 6.10 Å². The fourth-order valence-corrected chi connectivity index (χ4v) is 5.72. The first-order valence-electron chi connectivity index (χ1n) is 15.2. The van der Waals surface area contributed by atoms with Crippen LogP contribution in [0, 0.1) is 11.8 Å². The average molecular weight is 613 g/mol. The second kappa shape index (κ2) is 17.1. The summed E-state index contributed by atoms with van der Waals surface area (Å²) >= 11 is 0. The minimum absolute atomic E-state index is 0.00182. The number of nitrogens with zero attached hydrogens (tertiary/aromatic N) is 2. The maximum absolute atomic E-state index is 12.3. The topological polar surface area (TPSA) is 115 Å². The Bertz CT molecular complexity index is 1200. The van der Waals surface area contributed by atoms with E-state index in [9.17, 15) is 19.5 Å². The first-order valence-corrected chi connectivity index (χ1v) is 15.2. The summed E-state index contributed by atoms with van der Waals surface area (Å²) in [4.78, 5) is 40.2. The van der Waals surface area contributed by atoms with Gasteiger partial charge in [-0.3, -0.25) is 14.4 Å². The van der Waals surface area contributed by atoms with E-state index in [2.05, 4.69) is 0 Å². The number of Topliss-reactive ketones (excluding diaryl/α,β-unsaturated/α-hetero) is 1. The van der Waals surface area contributed by atoms with Crippen LogP contribution in [0.3, 0.4) is 0 Å². The number of carbonyl (C=O) groups excluding carboxylic acids is 3. The van der Waals surface area contributed by atoms with Crippen LogP contribution in [0.2, 0.25) is 0 Å². The van der Waals surface area contributed by atoms with E-state index in [4.69, 9.17) is 18.9 Å². The van der Waals surface area contributed by atoms with Crippen LogP contribution in [-0.2, 0) is 23.9 Å². The van der Waals surface area contributed by atoms with E-state index in [0.717, 1.165) is 22.6 Å². The molecule has 2 aliphatic heterocycles. The van der Waals surface area contributed by atoms with Gasteiger partial charge in [-0.15, -0.1) is 0 Å². The Morgan fingerprint density at radius 3 is 1.73 bits per heavy atom. The molecule has 2 aromatic rings. The van der Waals surface area contributed by atoms with Crippen LogP contribution >= 0.6 is 0 Å². The largest absolute Gasteiger partial charge is 0.497 e. The third-order valence-electron chi connectivity index (χ3n) is 8.65. The summed E-state index contributed by atoms with van der Waals surface area (Å²) in [5.41, 5.74) is 2.11. The van der Waals surface area contributed by atoms with Gasteiger partial charge >= 0.3 is 0 Å². The van der Waals surface area contributed by atoms with Gasteiger partial charge in [0.25, 0.3) is 0 Å². The molecule has 0 spiro atoms. The van der Waals surface area contributed by atoms with Crippen LogP contribution in [0.1, 0.15) is 62.7 Å². The number of hydrogen-bond donors (Lipinski definition) is 1. The number of ether oxygens (including phenoxy) is 4. The maximum Gasteiger partial charge on any atom is 0.223 e. The zero-order valence-electron chi connectivity index (χ0n) is 26.9. The van der Waals surface area contributed by atoms with Crippen LogP contribution in [-0.4, -0.2) is 93.4 Å². The molecule has 2 aromatic carbocycles. The van der Waals surface area contributed by atoms with E-state index in [1.807, 2.05) is 67.3 Å². The zero-order valence-corrected chi connectivity index (χ0v) is 26.9. The predicted octanol–water partition coefficient (Wildman–Crippen LogP) is 4.21. The van der Waals surface area contributed by atoms with Crippen molar-refractivity contribution in [3.8, 4) is 11.5 Å². The summed E-state index contributed by atoms with van der Waals surface area (Å²) in [7, 11) is 6.45. The molecule has 44 heavy (non-hydrogen) atoms. The van der Waals surface area contributed by atoms with Gasteiger partial charge in [-0.1, -0.05) is 24.3 Å². The van der Waals surface area contributed by atoms with E-state index in [1.165, 1.54) is 0 Å². The molecule has 2 aliphatic rings. The van der Waals surface area contributed by atoms with Crippen LogP contribution in [0.25, 0.3) is 0 Å². The number of methoxy groups -OCH3 is 4. The minimum atomic E-state index is -0.489. The molecule has 0 unspecified atom stereocenters. The van der Waals surface area contributed by atoms with Gasteiger partial charge in [-0.05, 0) is 55.7 Å². The summed E-state index contributed by atoms with van der Waals surface area (Å²) in [6.45, 7) is 6.02. The number of aliphatic hydroxyl groups is 1. The van der Waals surface area contributed by atoms with Crippen molar-refractivity contribution in [3.05, 3.63) is 59.7 Å². The van der Waals surface area contributed by atoms with Crippen LogP contribution in [0.4, 0.5) is 0 Å². The first kappa shape index (κ1) is 35.0. The number of aliphatic hydroxyl groups excluding tert-OH is 1. The fraction of sp³-hybridized carbons (Fsp3) is 0.559. The monoisotopic (exact) mass is 612 g/mol. The van der Waals surface area contributed by atoms with Gasteiger partial charge in [0, 0.05) is 65.0 Å². The molecule has 10 nitrogen and oxygen atoms in total. The predicted molar refractivity (Wildman–Crippen MR) is 166 cm³/mol. The van der Waals surface area contributed by atoms with Crippen molar-refractivity contribution in [3.63, 3.8) is 0 Å². The Morgan fingerprint density at radius 2 is 1.25 bits per heavy atom. The summed E-state index contributed by atoms with van der Waals surface area (Å²) in [5.74, 6) is 1.63. The molecule has 0 radical (unpaired) electrons. The summed E-state index contributed by atoms with van der Waals surface area (Å²) in [6.07, 6.45) is 1.17. The highest BCUT2D eigenvalue weighted by Crippen LogP contribution is 2.32. The lowest BCUT2D eigenvalue weighted by atomic mass is 9.99. The van der Waals surface area contributed by atoms with Crippen molar-refractivity contribution in [1.29, 1.82) is 0 Å². The van der Waals surface area contributed by atoms with Gasteiger partial charge in [0.15, 0.2) is 0 Å². The molecule has 1 N–H and O–H groups in total. The third kappa shape index (κ3) is 9.27. The quantitative estimate of drug-likeness (QED) is 0.338. The molecular weight excluding hydrogens is 564 g/mol. The van der Waals surface area contributed by atoms with E-state index in [1.54, 1.807) is 33.3 Å². The van der Waals surface area contributed by atoms with Gasteiger partial charge in [0.05, 0.1) is 39.0 Å². The Hall–Kier alpha value is -3.47. The smallest absolute Gasteiger partial charge is 0.223 e. The lowest BCUT2D eigenvalue weighted by Crippen LogP contribution is -2.30. The first-order chi connectivity index (χ1) is 21.1. The number of hydrogen-bond acceptors (Lipinski definition) is 8. The Labute approximate surface area is 261 Å². The van der Waals surface area contributed by atoms with Crippen molar-refractivity contribution >= 4 is 17.6 Å². The van der Waals surface area contributed by atoms with Crippen LogP contribution in [0.15, 0.2) is 48.5 Å². The number of amides is 2. The normalized spacial score (nSPS) is 20.2. The molecule has 2 amide bonds. The van der Waals surface area contributed by atoms with Crippen molar-refractivity contribution in [2.24, 2.45) is 11.8 Å². The molecule has 5 atom stereocenters. The van der Waals surface area contributed by atoms with Gasteiger partial charge in [-0.25, -0.2) is 0 Å². The molecule has 10 heteroatoms. The van der Waals surface area contributed by atoms with Crippen molar-refractivity contribution < 1.29 is 38.4 Å². The number of likely N-dealkylation sites (tertiary alicyclic amines) is 2. The Kier molecular flexibility index (Phi) is 13.6. The second-order valence-electron chi connectivity index (χ2n) is 11.4. The Morgan fingerprint density at radius 1 is 0.773 bits per heavy atom. The maximum atomic E-state index is 12.3. The van der Waals surface area contributed by atoms with E-state index in [-0.39, 0.29) is 41.5 Å². The molecule has 0 bridgehead atoms. The standard InChI is InChI=1S/C17H25NO4.C17H23NO4/c2*1-12(13-4-6-15(22-3)7-5-13)18-11-14(10-17(18)20)16(19)8-9-21-2/h4-7,12,14,16,19H,8-11H2,1-3H3;4-7,12,14H,8-11H2,1-3H3/t12-,14-,16-;12-,14-/m11/s1. The second-order valence-corrected chi connectivity index (χ2v) is 11.4. The molecule has 0 aliphatic carbocycles. The van der Waals surface area contributed by atoms with Gasteiger partial charge in [0.2, 0.25) is 11.8 Å². The summed E-state index contributed by atoms with van der Waals surface area (Å²) < 4.78 is 20.2. The van der Waals surface area contributed by atoms with Gasteiger partial charge in [-0.2, -0.15) is 0 Å². The number of rotatable bonds is 14. The number of ketones is 1. The molecule has 2 heterocycles. The highest BCUT2D eigenvalue weighted by atomic mass is 16.5. The van der Waals surface area contributed by atoms with E-state index in [0.29, 0.717) is 52.0 Å². The fourth-order valence-electron chi connectivity index (χ4n) is 5.72. The molecule has 0 saturated carbocycles. The molecular formula is C34H48N2O8. The van der Waals surface area contributed by atoms with Gasteiger partial charge in [0.1, 0.15) is 17.3 Å². The lowest BCUT2D eigenvalue weighted by molar-refractivity contribution is -0.130. The molecule has 242 valence electrons. The molecule has 0 aromatic heterocycles. The molecule has 2 fully saturated rings. The average Bonchev–Trinajstić information content (AvgIpc) is 3.64. The summed E-state index contributed by atoms with van der Waals surface area (Å²) in [6, 6.07) is 15.4. The number of benzene rings is 2. The number of carbonyl (C=O) groups is 3. The minimum Gasteiger partial charge on any atom is -0.497 e. The lowest BCUT2D eigenvalue weighted by Gasteiger charge is -2.26. The SMILES string of the molecule is COCCC(=O)[C@@H]1CC(=O)N([C@H](C)c2ccc(OC)cc2)C1.COCC[C@@H](O)[C@@H]1CC(=O)N([C@H](C)c2ccc(OC)cc2)C1. The summed E-state index contributed by atoms with van der Waals surface area (Å²) in [5, 5.41) is 10.2. The van der Waals surface area contributed by atoms with Crippen molar-refractivity contribution in [1.82, 2.24) is 9.80 Å². The zero-order chi connectivity index (χ0) is 32.2. The molecule has 4 rings (SSSR count). The van der Waals surface area contributed by atoms with Crippen LogP contribution in [0.5, 0.6) is 11.5 Å². The van der Waals surface area contributed by atoms with Crippen molar-refractivity contribution in [2.45, 2.75) is 57.7 Å². The highest BCUT2D eigenvalue weighted by Gasteiger charge is 2.37. The Balaban J connectivity index is 0.000000240. The molecule has 2 saturated heterocycles. The van der Waals surface area contributed by atoms with E-state index >= 15 is 0 Å². The van der Waals surface area contributed by atoms with Crippen molar-refractivity contribution in [2.75, 3.05) is 54.7 Å².